The molecule has 0 spiro atoms. The van der Waals surface area contributed by atoms with Crippen LogP contribution in [0.4, 0.5) is 0 Å². The Balaban J connectivity index is 1.98. The molecular weight excluding hydrogens is 286 g/mol. The van der Waals surface area contributed by atoms with Crippen LogP contribution in [0, 0.1) is 0 Å². The lowest BCUT2D eigenvalue weighted by Crippen LogP contribution is -2.50. The van der Waals surface area contributed by atoms with Crippen molar-refractivity contribution in [2.75, 3.05) is 0 Å². The minimum atomic E-state index is -1.01. The molecule has 0 radical (unpaired) electrons. The molecule has 1 aliphatic carbocycles. The maximum absolute atomic E-state index is 12.4. The van der Waals surface area contributed by atoms with E-state index in [0.717, 1.165) is 17.7 Å². The van der Waals surface area contributed by atoms with Gasteiger partial charge in [-0.1, -0.05) is 6.07 Å². The van der Waals surface area contributed by atoms with Crippen LogP contribution in [0.1, 0.15) is 26.7 Å². The predicted octanol–water partition coefficient (Wildman–Crippen LogP) is 1.99. The van der Waals surface area contributed by atoms with Crippen molar-refractivity contribution in [1.29, 1.82) is 0 Å². The Bertz CT molecular complexity index is 715. The van der Waals surface area contributed by atoms with Crippen LogP contribution in [0.3, 0.4) is 0 Å². The second kappa shape index (κ2) is 5.11. The van der Waals surface area contributed by atoms with Crippen molar-refractivity contribution in [3.8, 4) is 10.6 Å². The van der Waals surface area contributed by atoms with Gasteiger partial charge in [0.1, 0.15) is 11.2 Å². The summed E-state index contributed by atoms with van der Waals surface area (Å²) in [6.07, 6.45) is 2.03. The quantitative estimate of drug-likeness (QED) is 0.939. The lowest BCUT2D eigenvalue weighted by Gasteiger charge is -2.25. The number of carbonyl (C=O) groups is 1. The van der Waals surface area contributed by atoms with Crippen LogP contribution in [0.15, 0.2) is 34.4 Å². The number of nitrogens with one attached hydrogen (secondary N) is 1. The van der Waals surface area contributed by atoms with Gasteiger partial charge in [0.2, 0.25) is 5.91 Å². The van der Waals surface area contributed by atoms with Crippen molar-refractivity contribution in [3.05, 3.63) is 40.0 Å². The Hall–Kier alpha value is -1.95. The highest BCUT2D eigenvalue weighted by Crippen LogP contribution is 2.24. The van der Waals surface area contributed by atoms with Gasteiger partial charge in [0.05, 0.1) is 4.88 Å². The third kappa shape index (κ3) is 2.76. The van der Waals surface area contributed by atoms with E-state index >= 15 is 0 Å². The molecule has 0 atom stereocenters. The van der Waals surface area contributed by atoms with Crippen LogP contribution in [-0.2, 0) is 10.3 Å². The third-order valence-corrected chi connectivity index (χ3v) is 4.46. The first kappa shape index (κ1) is 14.0. The van der Waals surface area contributed by atoms with Gasteiger partial charge in [0.25, 0.3) is 5.56 Å². The van der Waals surface area contributed by atoms with Gasteiger partial charge in [-0.15, -0.1) is 11.3 Å². The first-order chi connectivity index (χ1) is 9.98. The molecule has 3 rings (SSSR count). The molecule has 6 heteroatoms. The van der Waals surface area contributed by atoms with Crippen LogP contribution < -0.4 is 10.9 Å². The minimum absolute atomic E-state index is 0.164. The first-order valence-electron chi connectivity index (χ1n) is 6.94. The molecule has 2 aromatic heterocycles. The summed E-state index contributed by atoms with van der Waals surface area (Å²) in [4.78, 5) is 25.4. The van der Waals surface area contributed by atoms with E-state index in [-0.39, 0.29) is 17.5 Å². The van der Waals surface area contributed by atoms with Crippen molar-refractivity contribution in [2.45, 2.75) is 38.3 Å². The molecule has 0 unspecified atom stereocenters. The van der Waals surface area contributed by atoms with Crippen LogP contribution in [-0.4, -0.2) is 21.7 Å². The molecule has 1 aliphatic rings. The number of aromatic nitrogens is 2. The normalized spacial score (nSPS) is 15.0. The maximum Gasteiger partial charge on any atom is 0.267 e. The minimum Gasteiger partial charge on any atom is -0.351 e. The van der Waals surface area contributed by atoms with Crippen molar-refractivity contribution in [1.82, 2.24) is 15.1 Å². The average Bonchev–Trinajstić information content (AvgIpc) is 3.09. The van der Waals surface area contributed by atoms with E-state index in [1.165, 1.54) is 10.7 Å². The second-order valence-corrected chi connectivity index (χ2v) is 6.70. The van der Waals surface area contributed by atoms with Gasteiger partial charge in [-0.3, -0.25) is 9.59 Å². The second-order valence-electron chi connectivity index (χ2n) is 5.75. The van der Waals surface area contributed by atoms with Crippen molar-refractivity contribution >= 4 is 17.2 Å². The van der Waals surface area contributed by atoms with Gasteiger partial charge in [-0.25, -0.2) is 4.68 Å². The SMILES string of the molecule is CC(C)(C(=O)NC1CC1)n1nc(-c2cccs2)ccc1=O. The zero-order chi connectivity index (χ0) is 15.0. The Kier molecular flexibility index (Phi) is 3.41. The van der Waals surface area contributed by atoms with Crippen molar-refractivity contribution in [3.63, 3.8) is 0 Å². The zero-order valence-corrected chi connectivity index (χ0v) is 12.8. The standard InChI is InChI=1S/C15H17N3O2S/c1-15(2,14(20)16-10-5-6-10)18-13(19)8-7-11(17-18)12-4-3-9-21-12/h3-4,7-10H,5-6H2,1-2H3,(H,16,20). The number of hydrogen-bond donors (Lipinski definition) is 1. The average molecular weight is 303 g/mol. The molecule has 1 fully saturated rings. The van der Waals surface area contributed by atoms with Crippen LogP contribution in [0.25, 0.3) is 10.6 Å². The molecule has 2 aromatic rings. The molecule has 0 aromatic carbocycles. The van der Waals surface area contributed by atoms with Crippen molar-refractivity contribution in [2.24, 2.45) is 0 Å². The van der Waals surface area contributed by atoms with Gasteiger partial charge < -0.3 is 5.32 Å². The lowest BCUT2D eigenvalue weighted by atomic mass is 10.0. The van der Waals surface area contributed by atoms with Crippen molar-refractivity contribution < 1.29 is 4.79 Å². The molecule has 2 heterocycles. The maximum atomic E-state index is 12.4. The van der Waals surface area contributed by atoms with E-state index in [1.807, 2.05) is 17.5 Å². The summed E-state index contributed by atoms with van der Waals surface area (Å²) < 4.78 is 1.28. The Labute approximate surface area is 126 Å². The fourth-order valence-electron chi connectivity index (χ4n) is 2.05. The van der Waals surface area contributed by atoms with Gasteiger partial charge >= 0.3 is 0 Å². The van der Waals surface area contributed by atoms with Gasteiger partial charge in [-0.05, 0) is 44.2 Å². The molecule has 5 nitrogen and oxygen atoms in total. The topological polar surface area (TPSA) is 64.0 Å². The molecule has 1 saturated carbocycles. The number of carbonyl (C=O) groups excluding carboxylic acids is 1. The number of amides is 1. The molecule has 0 bridgehead atoms. The summed E-state index contributed by atoms with van der Waals surface area (Å²) in [6.45, 7) is 3.44. The van der Waals surface area contributed by atoms with Crippen LogP contribution in [0.2, 0.25) is 0 Å². The molecule has 1 N–H and O–H groups in total. The van der Waals surface area contributed by atoms with Gasteiger partial charge in [0.15, 0.2) is 0 Å². The predicted molar refractivity (Wildman–Crippen MR) is 82.3 cm³/mol. The summed E-state index contributed by atoms with van der Waals surface area (Å²) >= 11 is 1.55. The smallest absolute Gasteiger partial charge is 0.267 e. The first-order valence-corrected chi connectivity index (χ1v) is 7.82. The van der Waals surface area contributed by atoms with Crippen LogP contribution in [0.5, 0.6) is 0 Å². The van der Waals surface area contributed by atoms with E-state index in [2.05, 4.69) is 10.4 Å². The Morgan fingerprint density at radius 2 is 2.14 bits per heavy atom. The summed E-state index contributed by atoms with van der Waals surface area (Å²) in [5.74, 6) is -0.164. The van der Waals surface area contributed by atoms with Crippen LogP contribution >= 0.6 is 11.3 Å². The van der Waals surface area contributed by atoms with E-state index in [0.29, 0.717) is 5.69 Å². The fourth-order valence-corrected chi connectivity index (χ4v) is 2.74. The molecule has 1 amide bonds. The Morgan fingerprint density at radius 3 is 2.76 bits per heavy atom. The molecule has 0 saturated heterocycles. The molecule has 110 valence electrons. The number of hydrogen-bond acceptors (Lipinski definition) is 4. The third-order valence-electron chi connectivity index (χ3n) is 3.57. The summed E-state index contributed by atoms with van der Waals surface area (Å²) in [5.41, 5.74) is -0.574. The molecular formula is C15H17N3O2S. The number of rotatable bonds is 4. The Morgan fingerprint density at radius 1 is 1.38 bits per heavy atom. The summed E-state index contributed by atoms with van der Waals surface area (Å²) in [7, 11) is 0. The monoisotopic (exact) mass is 303 g/mol. The molecule has 0 aliphatic heterocycles. The fraction of sp³-hybridized carbons (Fsp3) is 0.400. The largest absolute Gasteiger partial charge is 0.351 e. The number of thiophene rings is 1. The highest BCUT2D eigenvalue weighted by molar-refractivity contribution is 7.13. The van der Waals surface area contributed by atoms with E-state index in [1.54, 1.807) is 31.3 Å². The number of nitrogens with zero attached hydrogens (tertiary/aromatic N) is 2. The van der Waals surface area contributed by atoms with Gasteiger partial charge in [-0.2, -0.15) is 5.10 Å². The lowest BCUT2D eigenvalue weighted by molar-refractivity contribution is -0.129. The summed E-state index contributed by atoms with van der Waals surface area (Å²) in [6, 6.07) is 7.29. The van der Waals surface area contributed by atoms with Gasteiger partial charge in [0, 0.05) is 12.1 Å². The molecule has 21 heavy (non-hydrogen) atoms. The highest BCUT2D eigenvalue weighted by atomic mass is 32.1. The van der Waals surface area contributed by atoms with E-state index < -0.39 is 5.54 Å². The van der Waals surface area contributed by atoms with E-state index in [4.69, 9.17) is 0 Å². The van der Waals surface area contributed by atoms with E-state index in [9.17, 15) is 9.59 Å². The highest BCUT2D eigenvalue weighted by Gasteiger charge is 2.35. The zero-order valence-electron chi connectivity index (χ0n) is 12.0. The summed E-state index contributed by atoms with van der Waals surface area (Å²) in [5, 5.41) is 9.28.